The summed E-state index contributed by atoms with van der Waals surface area (Å²) in [6.45, 7) is 5.17. The minimum atomic E-state index is -0.268. The monoisotopic (exact) mass is 304 g/mol. The van der Waals surface area contributed by atoms with Crippen LogP contribution in [0.3, 0.4) is 0 Å². The van der Waals surface area contributed by atoms with Gasteiger partial charge in [0.2, 0.25) is 5.91 Å². The van der Waals surface area contributed by atoms with E-state index in [-0.39, 0.29) is 35.6 Å². The number of nitrogens with one attached hydrogen (secondary N) is 1. The molecule has 1 atom stereocenters. The van der Waals surface area contributed by atoms with Crippen LogP contribution < -0.4 is 5.32 Å². The zero-order chi connectivity index (χ0) is 13.9. The number of hydrogen-bond acceptors (Lipinski definition) is 4. The van der Waals surface area contributed by atoms with Crippen molar-refractivity contribution in [3.05, 3.63) is 0 Å². The lowest BCUT2D eigenvalue weighted by Gasteiger charge is -2.40. The molecule has 1 N–H and O–H groups in total. The van der Waals surface area contributed by atoms with Crippen LogP contribution in [0.1, 0.15) is 32.6 Å². The molecule has 2 aliphatic rings. The highest BCUT2D eigenvalue weighted by Crippen LogP contribution is 2.30. The Morgan fingerprint density at radius 2 is 1.95 bits per heavy atom. The van der Waals surface area contributed by atoms with Gasteiger partial charge in [-0.05, 0) is 39.2 Å². The minimum Gasteiger partial charge on any atom is -0.469 e. The molecule has 2 saturated heterocycles. The molecule has 2 aliphatic heterocycles. The van der Waals surface area contributed by atoms with E-state index >= 15 is 0 Å². The summed E-state index contributed by atoms with van der Waals surface area (Å²) >= 11 is 0. The number of ether oxygens (including phenoxy) is 1. The van der Waals surface area contributed by atoms with Gasteiger partial charge in [0.25, 0.3) is 0 Å². The van der Waals surface area contributed by atoms with Crippen LogP contribution in [0, 0.1) is 11.3 Å². The molecule has 116 valence electrons. The second-order valence-corrected chi connectivity index (χ2v) is 5.93. The smallest absolute Gasteiger partial charge is 0.308 e. The van der Waals surface area contributed by atoms with Crippen molar-refractivity contribution in [3.63, 3.8) is 0 Å². The highest BCUT2D eigenvalue weighted by Gasteiger charge is 2.39. The molecule has 5 nitrogen and oxygen atoms in total. The first kappa shape index (κ1) is 17.2. The van der Waals surface area contributed by atoms with Gasteiger partial charge in [0.1, 0.15) is 0 Å². The number of likely N-dealkylation sites (tertiary alicyclic amines) is 1. The zero-order valence-corrected chi connectivity index (χ0v) is 13.1. The van der Waals surface area contributed by atoms with E-state index in [2.05, 4.69) is 5.32 Å². The number of nitrogens with zero attached hydrogens (tertiary/aromatic N) is 1. The van der Waals surface area contributed by atoms with Crippen LogP contribution in [-0.4, -0.2) is 50.1 Å². The second kappa shape index (κ2) is 7.27. The number of carbonyl (C=O) groups excluding carboxylic acids is 2. The minimum absolute atomic E-state index is 0. The molecule has 0 radical (unpaired) electrons. The van der Waals surface area contributed by atoms with Crippen molar-refractivity contribution in [2.24, 2.45) is 11.3 Å². The van der Waals surface area contributed by atoms with Gasteiger partial charge in [0.05, 0.1) is 18.4 Å². The molecular formula is C14H25ClN2O3. The first-order valence-electron chi connectivity index (χ1n) is 7.15. The van der Waals surface area contributed by atoms with Crippen molar-refractivity contribution in [1.29, 1.82) is 0 Å². The maximum atomic E-state index is 12.6. The van der Waals surface area contributed by atoms with Crippen LogP contribution in [0.4, 0.5) is 0 Å². The molecule has 0 aromatic carbocycles. The van der Waals surface area contributed by atoms with E-state index < -0.39 is 0 Å². The molecule has 6 heteroatoms. The zero-order valence-electron chi connectivity index (χ0n) is 12.3. The molecule has 0 saturated carbocycles. The molecule has 1 unspecified atom stereocenters. The average Bonchev–Trinajstić information content (AvgIpc) is 2.46. The lowest BCUT2D eigenvalue weighted by molar-refractivity contribution is -0.151. The van der Waals surface area contributed by atoms with E-state index in [9.17, 15) is 9.59 Å². The first-order chi connectivity index (χ1) is 9.07. The van der Waals surface area contributed by atoms with Crippen molar-refractivity contribution >= 4 is 24.3 Å². The standard InChI is InChI=1S/C14H24N2O3.ClH/c1-14(6-3-7-15-10-14)13(18)16-8-4-11(5-9-16)12(17)19-2;/h11,15H,3-10H2,1-2H3;1H. The number of piperidine rings is 2. The molecule has 2 heterocycles. The number of methoxy groups -OCH3 is 1. The summed E-state index contributed by atoms with van der Waals surface area (Å²) in [7, 11) is 1.43. The van der Waals surface area contributed by atoms with Crippen molar-refractivity contribution in [1.82, 2.24) is 10.2 Å². The van der Waals surface area contributed by atoms with Gasteiger partial charge in [0.15, 0.2) is 0 Å². The van der Waals surface area contributed by atoms with Crippen LogP contribution in [-0.2, 0) is 14.3 Å². The molecule has 0 aromatic rings. The molecule has 2 rings (SSSR count). The number of hydrogen-bond donors (Lipinski definition) is 1. The highest BCUT2D eigenvalue weighted by molar-refractivity contribution is 5.85. The Morgan fingerprint density at radius 1 is 1.30 bits per heavy atom. The van der Waals surface area contributed by atoms with Crippen molar-refractivity contribution < 1.29 is 14.3 Å². The van der Waals surface area contributed by atoms with E-state index in [0.717, 1.165) is 38.8 Å². The van der Waals surface area contributed by atoms with Crippen LogP contribution in [0.15, 0.2) is 0 Å². The Labute approximate surface area is 126 Å². The third-order valence-electron chi connectivity index (χ3n) is 4.43. The third-order valence-corrected chi connectivity index (χ3v) is 4.43. The predicted octanol–water partition coefficient (Wildman–Crippen LogP) is 1.21. The Balaban J connectivity index is 0.00000200. The molecular weight excluding hydrogens is 280 g/mol. The fraction of sp³-hybridized carbons (Fsp3) is 0.857. The van der Waals surface area contributed by atoms with Crippen LogP contribution >= 0.6 is 12.4 Å². The molecule has 0 spiro atoms. The van der Waals surface area contributed by atoms with Gasteiger partial charge in [-0.25, -0.2) is 0 Å². The van der Waals surface area contributed by atoms with Crippen LogP contribution in [0.25, 0.3) is 0 Å². The molecule has 20 heavy (non-hydrogen) atoms. The largest absolute Gasteiger partial charge is 0.469 e. The van der Waals surface area contributed by atoms with E-state index in [1.165, 1.54) is 7.11 Å². The fourth-order valence-corrected chi connectivity index (χ4v) is 3.11. The summed E-state index contributed by atoms with van der Waals surface area (Å²) in [5.41, 5.74) is -0.268. The van der Waals surface area contributed by atoms with Gasteiger partial charge in [0, 0.05) is 19.6 Å². The van der Waals surface area contributed by atoms with Gasteiger partial charge >= 0.3 is 5.97 Å². The van der Waals surface area contributed by atoms with Gasteiger partial charge in [-0.3, -0.25) is 9.59 Å². The van der Waals surface area contributed by atoms with E-state index in [4.69, 9.17) is 4.74 Å². The number of amides is 1. The number of esters is 1. The van der Waals surface area contributed by atoms with Crippen molar-refractivity contribution in [2.45, 2.75) is 32.6 Å². The summed E-state index contributed by atoms with van der Waals surface area (Å²) < 4.78 is 4.77. The maximum Gasteiger partial charge on any atom is 0.308 e. The Kier molecular flexibility index (Phi) is 6.27. The Morgan fingerprint density at radius 3 is 2.45 bits per heavy atom. The molecule has 1 amide bonds. The molecule has 2 fully saturated rings. The second-order valence-electron chi connectivity index (χ2n) is 5.93. The normalized spacial score (nSPS) is 27.6. The third kappa shape index (κ3) is 3.64. The number of halogens is 1. The number of carbonyl (C=O) groups is 2. The van der Waals surface area contributed by atoms with Crippen LogP contribution in [0.5, 0.6) is 0 Å². The Hall–Kier alpha value is -0.810. The molecule has 0 aliphatic carbocycles. The van der Waals surface area contributed by atoms with E-state index in [1.54, 1.807) is 0 Å². The molecule has 0 aromatic heterocycles. The van der Waals surface area contributed by atoms with E-state index in [1.807, 2.05) is 11.8 Å². The quantitative estimate of drug-likeness (QED) is 0.779. The van der Waals surface area contributed by atoms with Crippen LogP contribution in [0.2, 0.25) is 0 Å². The van der Waals surface area contributed by atoms with Crippen molar-refractivity contribution in [3.8, 4) is 0 Å². The maximum absolute atomic E-state index is 12.6. The SMILES string of the molecule is COC(=O)C1CCN(C(=O)C2(C)CCCNC2)CC1.Cl. The van der Waals surface area contributed by atoms with Crippen molar-refractivity contribution in [2.75, 3.05) is 33.3 Å². The highest BCUT2D eigenvalue weighted by atomic mass is 35.5. The lowest BCUT2D eigenvalue weighted by Crippen LogP contribution is -2.52. The van der Waals surface area contributed by atoms with Gasteiger partial charge in [-0.2, -0.15) is 0 Å². The van der Waals surface area contributed by atoms with Gasteiger partial charge in [-0.15, -0.1) is 12.4 Å². The number of rotatable bonds is 2. The summed E-state index contributed by atoms with van der Waals surface area (Å²) in [6.07, 6.45) is 3.46. The summed E-state index contributed by atoms with van der Waals surface area (Å²) in [5, 5.41) is 3.31. The average molecular weight is 305 g/mol. The topological polar surface area (TPSA) is 58.6 Å². The molecule has 0 bridgehead atoms. The summed E-state index contributed by atoms with van der Waals surface area (Å²) in [5.74, 6) is 0.0620. The fourth-order valence-electron chi connectivity index (χ4n) is 3.11. The predicted molar refractivity (Wildman–Crippen MR) is 78.8 cm³/mol. The summed E-state index contributed by atoms with van der Waals surface area (Å²) in [4.78, 5) is 26.0. The van der Waals surface area contributed by atoms with Gasteiger partial charge in [-0.1, -0.05) is 0 Å². The first-order valence-corrected chi connectivity index (χ1v) is 7.15. The van der Waals surface area contributed by atoms with E-state index in [0.29, 0.717) is 13.1 Å². The lowest BCUT2D eigenvalue weighted by atomic mass is 9.80. The Bertz CT molecular complexity index is 348. The summed E-state index contributed by atoms with van der Waals surface area (Å²) in [6, 6.07) is 0. The van der Waals surface area contributed by atoms with Gasteiger partial charge < -0.3 is 15.0 Å².